The second-order valence-corrected chi connectivity index (χ2v) is 7.40. The third-order valence-corrected chi connectivity index (χ3v) is 5.91. The molecule has 2 aromatic carbocycles. The summed E-state index contributed by atoms with van der Waals surface area (Å²) in [6.45, 7) is 2.58. The van der Waals surface area contributed by atoms with Gasteiger partial charge in [-0.2, -0.15) is 4.31 Å². The lowest BCUT2D eigenvalue weighted by Gasteiger charge is -2.22. The van der Waals surface area contributed by atoms with E-state index in [9.17, 15) is 8.42 Å². The second-order valence-electron chi connectivity index (χ2n) is 5.55. The fourth-order valence-electron chi connectivity index (χ4n) is 2.73. The molecule has 0 saturated heterocycles. The van der Waals surface area contributed by atoms with E-state index in [0.29, 0.717) is 22.5 Å². The van der Waals surface area contributed by atoms with Crippen LogP contribution in [-0.4, -0.2) is 25.3 Å². The average Bonchev–Trinajstić information content (AvgIpc) is 3.29. The Hall–Kier alpha value is -1.59. The summed E-state index contributed by atoms with van der Waals surface area (Å²) in [6.07, 6.45) is 2.75. The van der Waals surface area contributed by atoms with E-state index >= 15 is 0 Å². The van der Waals surface area contributed by atoms with Crippen molar-refractivity contribution in [1.82, 2.24) is 4.31 Å². The van der Waals surface area contributed by atoms with E-state index in [2.05, 4.69) is 0 Å². The predicted octanol–water partition coefficient (Wildman–Crippen LogP) is 2.99. The van der Waals surface area contributed by atoms with Crippen molar-refractivity contribution in [3.05, 3.63) is 36.4 Å². The molecular formula is C16H20N2O2S. The molecule has 1 aliphatic rings. The van der Waals surface area contributed by atoms with Crippen LogP contribution in [0.5, 0.6) is 0 Å². The van der Waals surface area contributed by atoms with Gasteiger partial charge < -0.3 is 5.73 Å². The fraction of sp³-hybridized carbons (Fsp3) is 0.375. The number of nitrogen functional groups attached to an aromatic ring is 1. The maximum absolute atomic E-state index is 13.0. The van der Waals surface area contributed by atoms with Crippen LogP contribution in [0, 0.1) is 0 Å². The molecule has 0 aliphatic heterocycles. The van der Waals surface area contributed by atoms with E-state index in [4.69, 9.17) is 5.73 Å². The van der Waals surface area contributed by atoms with Gasteiger partial charge in [-0.25, -0.2) is 8.42 Å². The number of hydrogen-bond acceptors (Lipinski definition) is 3. The molecule has 0 radical (unpaired) electrons. The van der Waals surface area contributed by atoms with Gasteiger partial charge in [0, 0.05) is 29.0 Å². The summed E-state index contributed by atoms with van der Waals surface area (Å²) < 4.78 is 27.7. The molecule has 0 aromatic heterocycles. The highest BCUT2D eigenvalue weighted by Crippen LogP contribution is 2.35. The summed E-state index contributed by atoms with van der Waals surface area (Å²) in [5, 5.41) is 1.50. The first-order valence-electron chi connectivity index (χ1n) is 7.34. The van der Waals surface area contributed by atoms with Crippen LogP contribution in [0.4, 0.5) is 5.69 Å². The highest BCUT2D eigenvalue weighted by molar-refractivity contribution is 7.89. The Morgan fingerprint density at radius 3 is 2.43 bits per heavy atom. The van der Waals surface area contributed by atoms with Gasteiger partial charge in [0.25, 0.3) is 0 Å². The minimum absolute atomic E-state index is 0.172. The number of sulfonamides is 1. The van der Waals surface area contributed by atoms with Crippen molar-refractivity contribution in [1.29, 1.82) is 0 Å². The van der Waals surface area contributed by atoms with Gasteiger partial charge in [0.2, 0.25) is 10.0 Å². The molecule has 3 rings (SSSR count). The lowest BCUT2D eigenvalue weighted by atomic mass is 10.1. The minimum atomic E-state index is -3.47. The van der Waals surface area contributed by atoms with Crippen molar-refractivity contribution in [2.24, 2.45) is 0 Å². The molecule has 0 bridgehead atoms. The molecule has 1 fully saturated rings. The van der Waals surface area contributed by atoms with Crippen LogP contribution in [0.1, 0.15) is 26.2 Å². The lowest BCUT2D eigenvalue weighted by Crippen LogP contribution is -2.34. The highest BCUT2D eigenvalue weighted by atomic mass is 32.2. The van der Waals surface area contributed by atoms with E-state index in [1.165, 1.54) is 0 Å². The smallest absolute Gasteiger partial charge is 0.243 e. The summed E-state index contributed by atoms with van der Waals surface area (Å²) in [7, 11) is -3.47. The predicted molar refractivity (Wildman–Crippen MR) is 85.6 cm³/mol. The number of anilines is 1. The SMILES string of the molecule is CCCN(C1CC1)S(=O)(=O)c1ccc(N)c2ccccc12. The van der Waals surface area contributed by atoms with Gasteiger partial charge in [-0.15, -0.1) is 0 Å². The van der Waals surface area contributed by atoms with Crippen LogP contribution >= 0.6 is 0 Å². The second kappa shape index (κ2) is 5.31. The van der Waals surface area contributed by atoms with Gasteiger partial charge in [-0.05, 0) is 31.4 Å². The molecule has 2 aromatic rings. The molecule has 1 aliphatic carbocycles. The van der Waals surface area contributed by atoms with Gasteiger partial charge in [0.15, 0.2) is 0 Å². The molecule has 0 unspecified atom stereocenters. The zero-order valence-corrected chi connectivity index (χ0v) is 12.9. The molecule has 4 nitrogen and oxygen atoms in total. The third kappa shape index (κ3) is 2.51. The Kier molecular flexibility index (Phi) is 3.63. The first kappa shape index (κ1) is 14.4. The van der Waals surface area contributed by atoms with Crippen LogP contribution in [0.3, 0.4) is 0 Å². The van der Waals surface area contributed by atoms with E-state index in [0.717, 1.165) is 24.6 Å². The van der Waals surface area contributed by atoms with Crippen LogP contribution in [0.2, 0.25) is 0 Å². The molecular weight excluding hydrogens is 284 g/mol. The van der Waals surface area contributed by atoms with Crippen LogP contribution in [0.25, 0.3) is 10.8 Å². The summed E-state index contributed by atoms with van der Waals surface area (Å²) >= 11 is 0. The standard InChI is InChI=1S/C16H20N2O2S/c1-2-11-18(12-7-8-12)21(19,20)16-10-9-15(17)13-5-3-4-6-14(13)16/h3-6,9-10,12H,2,7-8,11,17H2,1H3. The van der Waals surface area contributed by atoms with Crippen LogP contribution in [0.15, 0.2) is 41.3 Å². The average molecular weight is 304 g/mol. The van der Waals surface area contributed by atoms with Crippen LogP contribution < -0.4 is 5.73 Å². The zero-order valence-electron chi connectivity index (χ0n) is 12.1. The highest BCUT2D eigenvalue weighted by Gasteiger charge is 2.38. The Labute approximate surface area is 125 Å². The monoisotopic (exact) mass is 304 g/mol. The van der Waals surface area contributed by atoms with Crippen molar-refractivity contribution in [2.45, 2.75) is 37.1 Å². The van der Waals surface area contributed by atoms with Gasteiger partial charge in [0.1, 0.15) is 0 Å². The Bertz CT molecular complexity index is 767. The van der Waals surface area contributed by atoms with Gasteiger partial charge >= 0.3 is 0 Å². The van der Waals surface area contributed by atoms with Crippen molar-refractivity contribution in [2.75, 3.05) is 12.3 Å². The Balaban J connectivity index is 2.17. The number of benzene rings is 2. The topological polar surface area (TPSA) is 63.4 Å². The summed E-state index contributed by atoms with van der Waals surface area (Å²) in [5.41, 5.74) is 6.58. The van der Waals surface area contributed by atoms with Gasteiger partial charge in [0.05, 0.1) is 4.90 Å². The van der Waals surface area contributed by atoms with E-state index in [-0.39, 0.29) is 6.04 Å². The van der Waals surface area contributed by atoms with E-state index < -0.39 is 10.0 Å². The fourth-order valence-corrected chi connectivity index (χ4v) is 4.70. The van der Waals surface area contributed by atoms with Crippen molar-refractivity contribution in [3.63, 3.8) is 0 Å². The third-order valence-electron chi connectivity index (χ3n) is 3.90. The molecule has 0 amide bonds. The quantitative estimate of drug-likeness (QED) is 0.864. The molecule has 0 heterocycles. The summed E-state index contributed by atoms with van der Waals surface area (Å²) in [4.78, 5) is 0.368. The van der Waals surface area contributed by atoms with E-state index in [1.54, 1.807) is 16.4 Å². The molecule has 21 heavy (non-hydrogen) atoms. The number of nitrogens with two attached hydrogens (primary N) is 1. The van der Waals surface area contributed by atoms with E-state index in [1.807, 2.05) is 31.2 Å². The maximum atomic E-state index is 13.0. The Morgan fingerprint density at radius 2 is 1.81 bits per heavy atom. The summed E-state index contributed by atoms with van der Waals surface area (Å²) in [6, 6.07) is 10.9. The number of hydrogen-bond donors (Lipinski definition) is 1. The Morgan fingerprint density at radius 1 is 1.14 bits per heavy atom. The molecule has 1 saturated carbocycles. The van der Waals surface area contributed by atoms with Gasteiger partial charge in [-0.1, -0.05) is 31.2 Å². The first-order chi connectivity index (χ1) is 10.1. The number of nitrogens with zero attached hydrogens (tertiary/aromatic N) is 1. The maximum Gasteiger partial charge on any atom is 0.243 e. The molecule has 5 heteroatoms. The molecule has 0 spiro atoms. The van der Waals surface area contributed by atoms with Crippen molar-refractivity contribution < 1.29 is 8.42 Å². The molecule has 2 N–H and O–H groups in total. The van der Waals surface area contributed by atoms with Gasteiger partial charge in [-0.3, -0.25) is 0 Å². The normalized spacial score (nSPS) is 15.7. The summed E-state index contributed by atoms with van der Waals surface area (Å²) in [5.74, 6) is 0. The largest absolute Gasteiger partial charge is 0.398 e. The van der Waals surface area contributed by atoms with Crippen molar-refractivity contribution >= 4 is 26.5 Å². The van der Waals surface area contributed by atoms with Crippen LogP contribution in [-0.2, 0) is 10.0 Å². The minimum Gasteiger partial charge on any atom is -0.398 e. The number of fused-ring (bicyclic) bond motifs is 1. The van der Waals surface area contributed by atoms with Crippen molar-refractivity contribution in [3.8, 4) is 0 Å². The number of rotatable bonds is 5. The molecule has 0 atom stereocenters. The zero-order chi connectivity index (χ0) is 15.0. The lowest BCUT2D eigenvalue weighted by molar-refractivity contribution is 0.404. The first-order valence-corrected chi connectivity index (χ1v) is 8.78. The molecule has 112 valence electrons.